The van der Waals surface area contributed by atoms with Crippen molar-refractivity contribution in [1.82, 2.24) is 0 Å². The minimum Gasteiger partial charge on any atom is -0.327 e. The Kier molecular flexibility index (Phi) is 4.54. The molecule has 3 N–H and O–H groups in total. The van der Waals surface area contributed by atoms with Gasteiger partial charge in [0.1, 0.15) is 0 Å². The van der Waals surface area contributed by atoms with Crippen molar-refractivity contribution in [1.29, 1.82) is 0 Å². The van der Waals surface area contributed by atoms with E-state index in [1.165, 1.54) is 22.8 Å². The van der Waals surface area contributed by atoms with Crippen LogP contribution in [-0.4, -0.2) is 11.9 Å². The van der Waals surface area contributed by atoms with Gasteiger partial charge in [0.15, 0.2) is 0 Å². The van der Waals surface area contributed by atoms with E-state index >= 15 is 0 Å². The Hall–Kier alpha value is -0.620. The fraction of sp³-hybridized carbons (Fsp3) is 0.588. The molecule has 1 aromatic rings. The Morgan fingerprint density at radius 1 is 1.29 bits per heavy atom. The summed E-state index contributed by atoms with van der Waals surface area (Å²) >= 11 is 2.29. The molecule has 114 valence electrons. The normalized spacial score (nSPS) is 31.8. The first-order chi connectivity index (χ1) is 10.0. The van der Waals surface area contributed by atoms with E-state index < -0.39 is 0 Å². The third-order valence-electron chi connectivity index (χ3n) is 5.23. The molecule has 1 aromatic carbocycles. The van der Waals surface area contributed by atoms with Crippen LogP contribution in [0.25, 0.3) is 0 Å². The highest BCUT2D eigenvalue weighted by Crippen LogP contribution is 2.42. The smallest absolute Gasteiger partial charge is 0.227 e. The van der Waals surface area contributed by atoms with E-state index in [9.17, 15) is 4.79 Å². The first-order valence-corrected chi connectivity index (χ1v) is 8.95. The molecule has 1 amide bonds. The third kappa shape index (κ3) is 3.26. The Morgan fingerprint density at radius 2 is 1.95 bits per heavy atom. The Labute approximate surface area is 140 Å². The van der Waals surface area contributed by atoms with Crippen molar-refractivity contribution in [2.45, 2.75) is 45.1 Å². The molecule has 4 heteroatoms. The molecule has 0 aliphatic heterocycles. The SMILES string of the molecule is Cc1cc(I)ccc1NC(=O)C1CC2CCCC(C1)C2N. The van der Waals surface area contributed by atoms with Gasteiger partial charge in [0.25, 0.3) is 0 Å². The predicted molar refractivity (Wildman–Crippen MR) is 94.1 cm³/mol. The Morgan fingerprint density at radius 3 is 2.57 bits per heavy atom. The van der Waals surface area contributed by atoms with Gasteiger partial charge in [-0.25, -0.2) is 0 Å². The number of nitrogens with one attached hydrogen (secondary N) is 1. The van der Waals surface area contributed by atoms with Crippen LogP contribution in [0.15, 0.2) is 18.2 Å². The molecule has 3 rings (SSSR count). The zero-order chi connectivity index (χ0) is 15.0. The molecule has 3 nitrogen and oxygen atoms in total. The van der Waals surface area contributed by atoms with Crippen LogP contribution in [0.2, 0.25) is 0 Å². The van der Waals surface area contributed by atoms with Crippen LogP contribution in [0, 0.1) is 28.2 Å². The van der Waals surface area contributed by atoms with E-state index in [2.05, 4.69) is 34.0 Å². The van der Waals surface area contributed by atoms with E-state index in [0.29, 0.717) is 17.9 Å². The lowest BCUT2D eigenvalue weighted by molar-refractivity contribution is -0.122. The number of aryl methyl sites for hydroxylation is 1. The zero-order valence-electron chi connectivity index (χ0n) is 12.4. The van der Waals surface area contributed by atoms with E-state index in [-0.39, 0.29) is 11.8 Å². The molecule has 0 saturated heterocycles. The van der Waals surface area contributed by atoms with Gasteiger partial charge in [-0.3, -0.25) is 4.79 Å². The second-order valence-electron chi connectivity index (χ2n) is 6.65. The number of carbonyl (C=O) groups is 1. The largest absolute Gasteiger partial charge is 0.327 e. The van der Waals surface area contributed by atoms with Crippen LogP contribution >= 0.6 is 22.6 Å². The highest BCUT2D eigenvalue weighted by molar-refractivity contribution is 14.1. The summed E-state index contributed by atoms with van der Waals surface area (Å²) in [5, 5.41) is 3.13. The summed E-state index contributed by atoms with van der Waals surface area (Å²) in [5.41, 5.74) is 8.38. The average Bonchev–Trinajstić information content (AvgIpc) is 2.41. The van der Waals surface area contributed by atoms with Gasteiger partial charge in [0, 0.05) is 21.2 Å². The maximum absolute atomic E-state index is 12.6. The third-order valence-corrected chi connectivity index (χ3v) is 5.90. The summed E-state index contributed by atoms with van der Waals surface area (Å²) in [5.74, 6) is 1.42. The zero-order valence-corrected chi connectivity index (χ0v) is 14.6. The summed E-state index contributed by atoms with van der Waals surface area (Å²) in [6.45, 7) is 2.04. The van der Waals surface area contributed by atoms with Crippen molar-refractivity contribution in [3.05, 3.63) is 27.3 Å². The van der Waals surface area contributed by atoms with Crippen molar-refractivity contribution < 1.29 is 4.79 Å². The topological polar surface area (TPSA) is 55.1 Å². The van der Waals surface area contributed by atoms with Crippen molar-refractivity contribution in [3.63, 3.8) is 0 Å². The number of hydrogen-bond acceptors (Lipinski definition) is 2. The number of fused-ring (bicyclic) bond motifs is 2. The summed E-state index contributed by atoms with van der Waals surface area (Å²) < 4.78 is 1.20. The molecule has 0 spiro atoms. The van der Waals surface area contributed by atoms with Crippen LogP contribution in [0.5, 0.6) is 0 Å². The Balaban J connectivity index is 1.68. The molecule has 0 heterocycles. The molecule has 2 aliphatic rings. The van der Waals surface area contributed by atoms with Crippen LogP contribution in [0.4, 0.5) is 5.69 Å². The number of nitrogens with two attached hydrogens (primary N) is 1. The molecule has 2 saturated carbocycles. The lowest BCUT2D eigenvalue weighted by Crippen LogP contribution is -2.48. The van der Waals surface area contributed by atoms with Crippen molar-refractivity contribution in [3.8, 4) is 0 Å². The van der Waals surface area contributed by atoms with Crippen LogP contribution in [0.3, 0.4) is 0 Å². The number of anilines is 1. The summed E-state index contributed by atoms with van der Waals surface area (Å²) in [6, 6.07) is 6.46. The van der Waals surface area contributed by atoms with Gasteiger partial charge in [0.05, 0.1) is 0 Å². The van der Waals surface area contributed by atoms with Crippen molar-refractivity contribution in [2.75, 3.05) is 5.32 Å². The maximum atomic E-state index is 12.6. The second-order valence-corrected chi connectivity index (χ2v) is 7.89. The van der Waals surface area contributed by atoms with Crippen molar-refractivity contribution >= 4 is 34.2 Å². The maximum Gasteiger partial charge on any atom is 0.227 e. The molecule has 21 heavy (non-hydrogen) atoms. The monoisotopic (exact) mass is 398 g/mol. The number of benzene rings is 1. The van der Waals surface area contributed by atoms with E-state index in [1.54, 1.807) is 0 Å². The fourth-order valence-corrected chi connectivity index (χ4v) is 4.65. The molecule has 0 aromatic heterocycles. The van der Waals surface area contributed by atoms with Crippen molar-refractivity contribution in [2.24, 2.45) is 23.5 Å². The Bertz CT molecular complexity index is 532. The molecular formula is C17H23IN2O. The molecule has 2 aliphatic carbocycles. The standard InChI is InChI=1S/C17H23IN2O/c1-10-7-14(18)5-6-15(10)20-17(21)13-8-11-3-2-4-12(9-13)16(11)19/h5-7,11-13,16H,2-4,8-9,19H2,1H3,(H,20,21). The van der Waals surface area contributed by atoms with Crippen LogP contribution in [-0.2, 0) is 4.79 Å². The lowest BCUT2D eigenvalue weighted by Gasteiger charge is -2.43. The molecule has 2 atom stereocenters. The van der Waals surface area contributed by atoms with Gasteiger partial charge in [-0.1, -0.05) is 6.42 Å². The minimum atomic E-state index is 0.138. The van der Waals surface area contributed by atoms with Gasteiger partial charge >= 0.3 is 0 Å². The average molecular weight is 398 g/mol. The predicted octanol–water partition coefficient (Wildman–Crippen LogP) is 3.69. The number of hydrogen-bond donors (Lipinski definition) is 2. The molecular weight excluding hydrogens is 375 g/mol. The summed E-state index contributed by atoms with van der Waals surface area (Å²) in [4.78, 5) is 12.6. The highest BCUT2D eigenvalue weighted by atomic mass is 127. The lowest BCUT2D eigenvalue weighted by atomic mass is 9.65. The van der Waals surface area contributed by atoms with Gasteiger partial charge in [-0.15, -0.1) is 0 Å². The summed E-state index contributed by atoms with van der Waals surface area (Å²) in [6.07, 6.45) is 5.61. The van der Waals surface area contributed by atoms with Gasteiger partial charge in [-0.2, -0.15) is 0 Å². The number of carbonyl (C=O) groups excluding carboxylic acids is 1. The molecule has 2 fully saturated rings. The van der Waals surface area contributed by atoms with E-state index in [1.807, 2.05) is 19.1 Å². The minimum absolute atomic E-state index is 0.138. The first kappa shape index (κ1) is 15.3. The van der Waals surface area contributed by atoms with E-state index in [0.717, 1.165) is 24.1 Å². The molecule has 2 unspecified atom stereocenters. The molecule has 2 bridgehead atoms. The quantitative estimate of drug-likeness (QED) is 0.747. The second kappa shape index (κ2) is 6.24. The first-order valence-electron chi connectivity index (χ1n) is 7.87. The van der Waals surface area contributed by atoms with Crippen LogP contribution in [0.1, 0.15) is 37.7 Å². The fourth-order valence-electron chi connectivity index (χ4n) is 4.01. The van der Waals surface area contributed by atoms with Gasteiger partial charge in [0.2, 0.25) is 5.91 Å². The number of amides is 1. The molecule has 0 radical (unpaired) electrons. The number of rotatable bonds is 2. The van der Waals surface area contributed by atoms with Crippen LogP contribution < -0.4 is 11.1 Å². The van der Waals surface area contributed by atoms with Gasteiger partial charge in [-0.05, 0) is 90.8 Å². The number of halogens is 1. The summed E-state index contributed by atoms with van der Waals surface area (Å²) in [7, 11) is 0. The van der Waals surface area contributed by atoms with Gasteiger partial charge < -0.3 is 11.1 Å². The highest BCUT2D eigenvalue weighted by Gasteiger charge is 2.40. The van der Waals surface area contributed by atoms with E-state index in [4.69, 9.17) is 5.73 Å².